The van der Waals surface area contributed by atoms with E-state index in [4.69, 9.17) is 4.74 Å². The third-order valence-corrected chi connectivity index (χ3v) is 3.46. The molecule has 2 saturated heterocycles. The summed E-state index contributed by atoms with van der Waals surface area (Å²) >= 11 is 0. The summed E-state index contributed by atoms with van der Waals surface area (Å²) in [7, 11) is 1.50. The number of ether oxygens (including phenoxy) is 1. The molecule has 2 heterocycles. The lowest BCUT2D eigenvalue weighted by Gasteiger charge is -2.39. The Morgan fingerprint density at radius 3 is 2.69 bits per heavy atom. The largest absolute Gasteiger partial charge is 0.468 e. The predicted molar refractivity (Wildman–Crippen MR) is 49.4 cm³/mol. The van der Waals surface area contributed by atoms with Gasteiger partial charge in [-0.25, -0.2) is 0 Å². The van der Waals surface area contributed by atoms with Gasteiger partial charge in [0, 0.05) is 0 Å². The minimum atomic E-state index is -0.229. The smallest absolute Gasteiger partial charge is 0.326 e. The van der Waals surface area contributed by atoms with Gasteiger partial charge in [-0.15, -0.1) is 0 Å². The minimum Gasteiger partial charge on any atom is -0.468 e. The number of hydrogen-bond acceptors (Lipinski definition) is 3. The predicted octanol–water partition coefficient (Wildman–Crippen LogP) is 1.18. The second-order valence-electron chi connectivity index (χ2n) is 4.07. The van der Waals surface area contributed by atoms with Crippen LogP contribution in [0.4, 0.5) is 0 Å². The van der Waals surface area contributed by atoms with E-state index in [1.165, 1.54) is 20.0 Å². The van der Waals surface area contributed by atoms with E-state index in [0.717, 1.165) is 32.4 Å². The first-order valence-corrected chi connectivity index (χ1v) is 5.13. The average molecular weight is 183 g/mol. The van der Waals surface area contributed by atoms with Crippen molar-refractivity contribution in [3.8, 4) is 0 Å². The summed E-state index contributed by atoms with van der Waals surface area (Å²) in [6, 6.07) is 0. The third-order valence-electron chi connectivity index (χ3n) is 3.46. The molecule has 2 rings (SSSR count). The lowest BCUT2D eigenvalue weighted by molar-refractivity contribution is -0.155. The summed E-state index contributed by atoms with van der Waals surface area (Å²) in [5, 5.41) is 0. The molecule has 0 aromatic carbocycles. The number of methoxy groups -OCH3 is 1. The number of carbonyl (C=O) groups is 1. The Morgan fingerprint density at radius 1 is 1.23 bits per heavy atom. The molecule has 2 aliphatic heterocycles. The number of esters is 1. The van der Waals surface area contributed by atoms with Gasteiger partial charge in [-0.3, -0.25) is 9.69 Å². The van der Waals surface area contributed by atoms with Crippen LogP contribution in [0.2, 0.25) is 0 Å². The summed E-state index contributed by atoms with van der Waals surface area (Å²) < 4.78 is 4.91. The normalized spacial score (nSPS) is 34.2. The van der Waals surface area contributed by atoms with Crippen LogP contribution >= 0.6 is 0 Å². The average Bonchev–Trinajstić information content (AvgIpc) is 2.61. The van der Waals surface area contributed by atoms with Crippen molar-refractivity contribution in [1.29, 1.82) is 0 Å². The van der Waals surface area contributed by atoms with E-state index in [1.807, 2.05) is 0 Å². The molecule has 74 valence electrons. The summed E-state index contributed by atoms with van der Waals surface area (Å²) in [5.41, 5.74) is -0.229. The van der Waals surface area contributed by atoms with E-state index in [2.05, 4.69) is 4.90 Å². The van der Waals surface area contributed by atoms with Crippen LogP contribution < -0.4 is 0 Å². The van der Waals surface area contributed by atoms with Crippen LogP contribution in [0.25, 0.3) is 0 Å². The van der Waals surface area contributed by atoms with Gasteiger partial charge in [-0.2, -0.15) is 0 Å². The van der Waals surface area contributed by atoms with Crippen LogP contribution in [-0.2, 0) is 9.53 Å². The maximum atomic E-state index is 11.7. The van der Waals surface area contributed by atoms with Crippen LogP contribution in [0.15, 0.2) is 0 Å². The molecule has 2 aliphatic rings. The molecule has 13 heavy (non-hydrogen) atoms. The summed E-state index contributed by atoms with van der Waals surface area (Å²) in [6.45, 7) is 2.16. The molecule has 0 aromatic heterocycles. The van der Waals surface area contributed by atoms with Gasteiger partial charge in [0.05, 0.1) is 7.11 Å². The molecule has 0 spiro atoms. The lowest BCUT2D eigenvalue weighted by Crippen LogP contribution is -2.53. The van der Waals surface area contributed by atoms with Gasteiger partial charge in [-0.05, 0) is 45.2 Å². The third kappa shape index (κ3) is 1.26. The van der Waals surface area contributed by atoms with Gasteiger partial charge in [0.2, 0.25) is 0 Å². The SMILES string of the molecule is COC(=O)[C@@]12CCCCN1CCC2. The zero-order valence-electron chi connectivity index (χ0n) is 8.21. The van der Waals surface area contributed by atoms with E-state index >= 15 is 0 Å². The summed E-state index contributed by atoms with van der Waals surface area (Å²) in [5.74, 6) is -0.00954. The van der Waals surface area contributed by atoms with Gasteiger partial charge in [0.1, 0.15) is 5.54 Å². The van der Waals surface area contributed by atoms with E-state index in [-0.39, 0.29) is 11.5 Å². The molecule has 0 saturated carbocycles. The molecule has 2 fully saturated rings. The molecule has 3 nitrogen and oxygen atoms in total. The van der Waals surface area contributed by atoms with Crippen molar-refractivity contribution < 1.29 is 9.53 Å². The molecule has 0 unspecified atom stereocenters. The standard InChI is InChI=1S/C10H17NO2/c1-13-9(12)10-5-2-3-7-11(10)8-4-6-10/h2-8H2,1H3/t10-/m0/s1. The van der Waals surface area contributed by atoms with Crippen molar-refractivity contribution >= 4 is 5.97 Å². The first-order chi connectivity index (χ1) is 6.29. The van der Waals surface area contributed by atoms with E-state index in [9.17, 15) is 4.79 Å². The zero-order chi connectivity index (χ0) is 9.31. The van der Waals surface area contributed by atoms with Gasteiger partial charge in [-0.1, -0.05) is 0 Å². The van der Waals surface area contributed by atoms with Gasteiger partial charge < -0.3 is 4.74 Å². The maximum absolute atomic E-state index is 11.7. The highest BCUT2D eigenvalue weighted by Gasteiger charge is 2.49. The van der Waals surface area contributed by atoms with Crippen LogP contribution in [0.3, 0.4) is 0 Å². The molecular weight excluding hydrogens is 166 g/mol. The molecule has 0 radical (unpaired) electrons. The zero-order valence-corrected chi connectivity index (χ0v) is 8.21. The fourth-order valence-electron chi connectivity index (χ4n) is 2.79. The molecule has 0 aliphatic carbocycles. The Morgan fingerprint density at radius 2 is 1.92 bits per heavy atom. The van der Waals surface area contributed by atoms with Gasteiger partial charge in [0.25, 0.3) is 0 Å². The molecule has 0 aromatic rings. The Labute approximate surface area is 79.0 Å². The Balaban J connectivity index is 2.20. The fraction of sp³-hybridized carbons (Fsp3) is 0.900. The number of hydrogen-bond donors (Lipinski definition) is 0. The second kappa shape index (κ2) is 3.29. The van der Waals surface area contributed by atoms with Crippen molar-refractivity contribution in [3.05, 3.63) is 0 Å². The van der Waals surface area contributed by atoms with Crippen molar-refractivity contribution in [1.82, 2.24) is 4.90 Å². The Kier molecular flexibility index (Phi) is 2.28. The molecule has 3 heteroatoms. The van der Waals surface area contributed by atoms with Crippen molar-refractivity contribution in [3.63, 3.8) is 0 Å². The summed E-state index contributed by atoms with van der Waals surface area (Å²) in [6.07, 6.45) is 5.55. The summed E-state index contributed by atoms with van der Waals surface area (Å²) in [4.78, 5) is 14.0. The topological polar surface area (TPSA) is 29.5 Å². The lowest BCUT2D eigenvalue weighted by atomic mass is 9.86. The number of carbonyl (C=O) groups excluding carboxylic acids is 1. The molecule has 0 N–H and O–H groups in total. The first kappa shape index (κ1) is 9.00. The van der Waals surface area contributed by atoms with Crippen LogP contribution in [0, 0.1) is 0 Å². The Hall–Kier alpha value is -0.570. The number of nitrogens with zero attached hydrogens (tertiary/aromatic N) is 1. The van der Waals surface area contributed by atoms with Gasteiger partial charge in [0.15, 0.2) is 0 Å². The molecular formula is C10H17NO2. The van der Waals surface area contributed by atoms with Crippen LogP contribution in [0.5, 0.6) is 0 Å². The highest BCUT2D eigenvalue weighted by Crippen LogP contribution is 2.38. The minimum absolute atomic E-state index is 0.00954. The number of piperidine rings is 1. The number of fused-ring (bicyclic) bond motifs is 1. The van der Waals surface area contributed by atoms with Gasteiger partial charge >= 0.3 is 5.97 Å². The van der Waals surface area contributed by atoms with Crippen molar-refractivity contribution in [2.45, 2.75) is 37.6 Å². The Bertz CT molecular complexity index is 217. The van der Waals surface area contributed by atoms with Crippen LogP contribution in [-0.4, -0.2) is 36.6 Å². The van der Waals surface area contributed by atoms with E-state index in [0.29, 0.717) is 0 Å². The first-order valence-electron chi connectivity index (χ1n) is 5.13. The quantitative estimate of drug-likeness (QED) is 0.572. The highest BCUT2D eigenvalue weighted by molar-refractivity contribution is 5.81. The number of rotatable bonds is 1. The van der Waals surface area contributed by atoms with Crippen LogP contribution in [0.1, 0.15) is 32.1 Å². The van der Waals surface area contributed by atoms with E-state index in [1.54, 1.807) is 0 Å². The van der Waals surface area contributed by atoms with Crippen molar-refractivity contribution in [2.24, 2.45) is 0 Å². The second-order valence-corrected chi connectivity index (χ2v) is 4.07. The maximum Gasteiger partial charge on any atom is 0.326 e. The van der Waals surface area contributed by atoms with E-state index < -0.39 is 0 Å². The molecule has 0 amide bonds. The van der Waals surface area contributed by atoms with Crippen molar-refractivity contribution in [2.75, 3.05) is 20.2 Å². The molecule has 0 bridgehead atoms. The highest BCUT2D eigenvalue weighted by atomic mass is 16.5. The molecule has 1 atom stereocenters. The fourth-order valence-corrected chi connectivity index (χ4v) is 2.79. The monoisotopic (exact) mass is 183 g/mol.